The molecule has 0 saturated heterocycles. The molecule has 3 aromatic heterocycles. The minimum absolute atomic E-state index is 0.208. The minimum atomic E-state index is -0.208. The maximum Gasteiger partial charge on any atom is 0.251 e. The van der Waals surface area contributed by atoms with Crippen LogP contribution in [0.3, 0.4) is 0 Å². The summed E-state index contributed by atoms with van der Waals surface area (Å²) in [5, 5.41) is 12.5. The van der Waals surface area contributed by atoms with Gasteiger partial charge in [-0.1, -0.05) is 6.07 Å². The SMILES string of the molecule is Cc1ccc(-c2cc(C(=O)NCCc3cnc(C)nc3)cc(-c3cnccc3C#N)c2)nc1. The summed E-state index contributed by atoms with van der Waals surface area (Å²) in [5.41, 5.74) is 5.91. The number of carbonyl (C=O) groups is 1. The first kappa shape index (κ1) is 21.8. The van der Waals surface area contributed by atoms with E-state index < -0.39 is 0 Å². The molecule has 4 aromatic rings. The third kappa shape index (κ3) is 5.25. The van der Waals surface area contributed by atoms with Crippen LogP contribution in [0, 0.1) is 25.2 Å². The van der Waals surface area contributed by atoms with Gasteiger partial charge in [0.05, 0.1) is 17.3 Å². The van der Waals surface area contributed by atoms with Crippen LogP contribution in [0.25, 0.3) is 22.4 Å². The van der Waals surface area contributed by atoms with Gasteiger partial charge in [-0.05, 0) is 67.3 Å². The molecule has 0 aliphatic heterocycles. The molecule has 0 spiro atoms. The second-order valence-corrected chi connectivity index (χ2v) is 7.70. The molecular formula is C26H22N6O. The number of nitrogens with zero attached hydrogens (tertiary/aromatic N) is 5. The summed E-state index contributed by atoms with van der Waals surface area (Å²) in [6.07, 6.45) is 9.16. The van der Waals surface area contributed by atoms with Gasteiger partial charge >= 0.3 is 0 Å². The summed E-state index contributed by atoms with van der Waals surface area (Å²) >= 11 is 0. The predicted octanol–water partition coefficient (Wildman–Crippen LogP) is 4.06. The monoisotopic (exact) mass is 434 g/mol. The van der Waals surface area contributed by atoms with Gasteiger partial charge in [0.25, 0.3) is 5.91 Å². The Morgan fingerprint density at radius 2 is 1.76 bits per heavy atom. The Balaban J connectivity index is 1.65. The summed E-state index contributed by atoms with van der Waals surface area (Å²) in [4.78, 5) is 30.1. The van der Waals surface area contributed by atoms with Crippen molar-refractivity contribution < 1.29 is 4.79 Å². The van der Waals surface area contributed by atoms with Crippen LogP contribution in [0.2, 0.25) is 0 Å². The highest BCUT2D eigenvalue weighted by Gasteiger charge is 2.14. The molecule has 1 amide bonds. The summed E-state index contributed by atoms with van der Waals surface area (Å²) < 4.78 is 0. The highest BCUT2D eigenvalue weighted by atomic mass is 16.1. The number of hydrogen-bond donors (Lipinski definition) is 1. The van der Waals surface area contributed by atoms with Gasteiger partial charge in [-0.15, -0.1) is 0 Å². The van der Waals surface area contributed by atoms with Crippen LogP contribution < -0.4 is 5.32 Å². The summed E-state index contributed by atoms with van der Waals surface area (Å²) in [5.74, 6) is 0.504. The lowest BCUT2D eigenvalue weighted by Gasteiger charge is -2.12. The Hall–Kier alpha value is -4.44. The van der Waals surface area contributed by atoms with E-state index in [4.69, 9.17) is 0 Å². The lowest BCUT2D eigenvalue weighted by Crippen LogP contribution is -2.25. The fourth-order valence-corrected chi connectivity index (χ4v) is 3.39. The molecule has 7 nitrogen and oxygen atoms in total. The first-order valence-corrected chi connectivity index (χ1v) is 10.5. The molecule has 1 N–H and O–H groups in total. The smallest absolute Gasteiger partial charge is 0.251 e. The van der Waals surface area contributed by atoms with Crippen molar-refractivity contribution in [2.24, 2.45) is 0 Å². The van der Waals surface area contributed by atoms with E-state index in [0.29, 0.717) is 35.5 Å². The molecule has 1 aromatic carbocycles. The third-order valence-corrected chi connectivity index (χ3v) is 5.19. The quantitative estimate of drug-likeness (QED) is 0.491. The Kier molecular flexibility index (Phi) is 6.46. The molecule has 0 unspecified atom stereocenters. The van der Waals surface area contributed by atoms with Crippen LogP contribution in [0.15, 0.2) is 67.4 Å². The molecule has 0 fully saturated rings. The molecule has 7 heteroatoms. The van der Waals surface area contributed by atoms with Gasteiger partial charge in [0.15, 0.2) is 0 Å². The van der Waals surface area contributed by atoms with Gasteiger partial charge in [-0.2, -0.15) is 5.26 Å². The molecule has 33 heavy (non-hydrogen) atoms. The number of benzene rings is 1. The molecule has 162 valence electrons. The van der Waals surface area contributed by atoms with E-state index >= 15 is 0 Å². The van der Waals surface area contributed by atoms with Crippen molar-refractivity contribution in [1.82, 2.24) is 25.3 Å². The van der Waals surface area contributed by atoms with Crippen molar-refractivity contribution in [3.63, 3.8) is 0 Å². The number of aromatic nitrogens is 4. The zero-order chi connectivity index (χ0) is 23.2. The predicted molar refractivity (Wildman–Crippen MR) is 125 cm³/mol. The maximum atomic E-state index is 13.0. The van der Waals surface area contributed by atoms with Crippen molar-refractivity contribution in [3.05, 3.63) is 95.5 Å². The number of carbonyl (C=O) groups excluding carboxylic acids is 1. The summed E-state index contributed by atoms with van der Waals surface area (Å²) in [6, 6.07) is 13.3. The Morgan fingerprint density at radius 1 is 0.970 bits per heavy atom. The number of amides is 1. The molecular weight excluding hydrogens is 412 g/mol. The fraction of sp³-hybridized carbons (Fsp3) is 0.154. The second-order valence-electron chi connectivity index (χ2n) is 7.70. The first-order valence-electron chi connectivity index (χ1n) is 10.5. The van der Waals surface area contributed by atoms with Crippen LogP contribution in [0.4, 0.5) is 0 Å². The number of nitrogens with one attached hydrogen (secondary N) is 1. The van der Waals surface area contributed by atoms with Crippen molar-refractivity contribution in [2.75, 3.05) is 6.54 Å². The van der Waals surface area contributed by atoms with Gasteiger partial charge in [-0.3, -0.25) is 14.8 Å². The van der Waals surface area contributed by atoms with Crippen molar-refractivity contribution >= 4 is 5.91 Å². The topological polar surface area (TPSA) is 104 Å². The van der Waals surface area contributed by atoms with Crippen LogP contribution >= 0.6 is 0 Å². The molecule has 0 aliphatic carbocycles. The molecule has 0 saturated carbocycles. The van der Waals surface area contributed by atoms with Gasteiger partial charge in [0.2, 0.25) is 0 Å². The largest absolute Gasteiger partial charge is 0.352 e. The van der Waals surface area contributed by atoms with E-state index in [1.165, 1.54) is 0 Å². The van der Waals surface area contributed by atoms with E-state index in [0.717, 1.165) is 27.9 Å². The number of rotatable bonds is 6. The Morgan fingerprint density at radius 3 is 2.48 bits per heavy atom. The normalized spacial score (nSPS) is 10.5. The maximum absolute atomic E-state index is 13.0. The van der Waals surface area contributed by atoms with Crippen molar-refractivity contribution in [1.29, 1.82) is 5.26 Å². The molecule has 4 rings (SSSR count). The average Bonchev–Trinajstić information content (AvgIpc) is 2.85. The lowest BCUT2D eigenvalue weighted by atomic mass is 9.96. The Labute approximate surface area is 192 Å². The minimum Gasteiger partial charge on any atom is -0.352 e. The van der Waals surface area contributed by atoms with Crippen LogP contribution in [0.5, 0.6) is 0 Å². The van der Waals surface area contributed by atoms with E-state index in [1.54, 1.807) is 43.1 Å². The number of hydrogen-bond acceptors (Lipinski definition) is 6. The van der Waals surface area contributed by atoms with Gasteiger partial charge in [0.1, 0.15) is 5.82 Å². The molecule has 0 atom stereocenters. The third-order valence-electron chi connectivity index (χ3n) is 5.19. The van der Waals surface area contributed by atoms with Gasteiger partial charge in [0, 0.05) is 54.2 Å². The Bertz CT molecular complexity index is 1320. The number of nitriles is 1. The molecule has 0 bridgehead atoms. The van der Waals surface area contributed by atoms with E-state index in [2.05, 4.69) is 31.3 Å². The van der Waals surface area contributed by atoms with Crippen LogP contribution in [-0.2, 0) is 6.42 Å². The van der Waals surface area contributed by atoms with Gasteiger partial charge < -0.3 is 5.32 Å². The van der Waals surface area contributed by atoms with E-state index in [9.17, 15) is 10.1 Å². The summed E-state index contributed by atoms with van der Waals surface area (Å²) in [6.45, 7) is 4.25. The summed E-state index contributed by atoms with van der Waals surface area (Å²) in [7, 11) is 0. The number of pyridine rings is 2. The van der Waals surface area contributed by atoms with E-state index in [1.807, 2.05) is 38.1 Å². The lowest BCUT2D eigenvalue weighted by molar-refractivity contribution is 0.0954. The number of aryl methyl sites for hydroxylation is 2. The molecule has 0 aliphatic rings. The average molecular weight is 435 g/mol. The fourth-order valence-electron chi connectivity index (χ4n) is 3.39. The molecule has 0 radical (unpaired) electrons. The second kappa shape index (κ2) is 9.79. The van der Waals surface area contributed by atoms with E-state index in [-0.39, 0.29) is 5.91 Å². The zero-order valence-corrected chi connectivity index (χ0v) is 18.4. The standard InChI is InChI=1S/C26H22N6O/c1-17-3-4-25(32-13-17)22-9-21(24-16-28-7-6-20(24)12-27)10-23(11-22)26(33)29-8-5-19-14-30-18(2)31-15-19/h3-4,6-7,9-11,13-16H,5,8H2,1-2H3,(H,29,33). The van der Waals surface area contributed by atoms with Crippen molar-refractivity contribution in [3.8, 4) is 28.5 Å². The first-order chi connectivity index (χ1) is 16.0. The highest BCUT2D eigenvalue weighted by Crippen LogP contribution is 2.29. The van der Waals surface area contributed by atoms with Crippen LogP contribution in [0.1, 0.15) is 32.9 Å². The highest BCUT2D eigenvalue weighted by molar-refractivity contribution is 5.97. The van der Waals surface area contributed by atoms with Gasteiger partial charge in [-0.25, -0.2) is 9.97 Å². The zero-order valence-electron chi connectivity index (χ0n) is 18.4. The van der Waals surface area contributed by atoms with Crippen LogP contribution in [-0.4, -0.2) is 32.4 Å². The molecule has 3 heterocycles. The van der Waals surface area contributed by atoms with Crippen molar-refractivity contribution in [2.45, 2.75) is 20.3 Å².